The average molecular weight is 253 g/mol. The van der Waals surface area contributed by atoms with Gasteiger partial charge in [-0.3, -0.25) is 0 Å². The van der Waals surface area contributed by atoms with E-state index in [0.717, 1.165) is 0 Å². The summed E-state index contributed by atoms with van der Waals surface area (Å²) in [7, 11) is 0. The van der Waals surface area contributed by atoms with Gasteiger partial charge in [0.25, 0.3) is 0 Å². The fourth-order valence-corrected chi connectivity index (χ4v) is 1.56. The summed E-state index contributed by atoms with van der Waals surface area (Å²) in [5.41, 5.74) is 0.537. The van der Waals surface area contributed by atoms with Gasteiger partial charge in [-0.1, -0.05) is 23.7 Å². The number of halogens is 2. The van der Waals surface area contributed by atoms with Crippen LogP contribution in [0.2, 0.25) is 5.02 Å². The Balaban J connectivity index is 2.12. The zero-order valence-corrected chi connectivity index (χ0v) is 9.62. The van der Waals surface area contributed by atoms with Gasteiger partial charge < -0.3 is 9.84 Å². The molecule has 1 N–H and O–H groups in total. The number of hydrogen-bond donors (Lipinski definition) is 1. The first-order chi connectivity index (χ1) is 8.16. The van der Waals surface area contributed by atoms with E-state index < -0.39 is 0 Å². The topological polar surface area (TPSA) is 29.5 Å². The third kappa shape index (κ3) is 2.88. The van der Waals surface area contributed by atoms with Crippen molar-refractivity contribution in [2.75, 3.05) is 0 Å². The third-order valence-corrected chi connectivity index (χ3v) is 2.62. The first-order valence-electron chi connectivity index (χ1n) is 5.01. The maximum Gasteiger partial charge on any atom is 0.161 e. The number of ether oxygens (including phenoxy) is 1. The van der Waals surface area contributed by atoms with Gasteiger partial charge >= 0.3 is 0 Å². The second-order valence-corrected chi connectivity index (χ2v) is 3.90. The van der Waals surface area contributed by atoms with Crippen LogP contribution in [0, 0.1) is 5.82 Å². The average Bonchev–Trinajstić information content (AvgIpc) is 2.32. The Morgan fingerprint density at radius 1 is 1.18 bits per heavy atom. The summed E-state index contributed by atoms with van der Waals surface area (Å²) in [5.74, 6) is 0.0122. The van der Waals surface area contributed by atoms with E-state index in [1.807, 2.05) is 0 Å². The van der Waals surface area contributed by atoms with E-state index in [0.29, 0.717) is 16.3 Å². The molecule has 2 nitrogen and oxygen atoms in total. The fourth-order valence-electron chi connectivity index (χ4n) is 1.39. The molecule has 0 heterocycles. The van der Waals surface area contributed by atoms with Gasteiger partial charge in [0.1, 0.15) is 12.4 Å². The van der Waals surface area contributed by atoms with Crippen molar-refractivity contribution in [2.45, 2.75) is 6.61 Å². The Kier molecular flexibility index (Phi) is 3.49. The van der Waals surface area contributed by atoms with Crippen LogP contribution < -0.4 is 4.74 Å². The summed E-state index contributed by atoms with van der Waals surface area (Å²) in [6, 6.07) is 10.6. The summed E-state index contributed by atoms with van der Waals surface area (Å²) in [6.45, 7) is 0.105. The molecule has 0 radical (unpaired) electrons. The molecule has 2 aromatic rings. The van der Waals surface area contributed by atoms with Crippen LogP contribution in [0.3, 0.4) is 0 Å². The number of hydrogen-bond acceptors (Lipinski definition) is 2. The normalized spacial score (nSPS) is 10.2. The highest BCUT2D eigenvalue weighted by Crippen LogP contribution is 2.26. The molecule has 0 aromatic heterocycles. The summed E-state index contributed by atoms with van der Waals surface area (Å²) in [6.07, 6.45) is 0. The predicted molar refractivity (Wildman–Crippen MR) is 63.8 cm³/mol. The SMILES string of the molecule is Oc1ccccc1OCc1cc(F)ccc1Cl. The number of aromatic hydroxyl groups is 1. The van der Waals surface area contributed by atoms with Gasteiger partial charge in [0.2, 0.25) is 0 Å². The van der Waals surface area contributed by atoms with Gasteiger partial charge in [0, 0.05) is 10.6 Å². The molecule has 0 unspecified atom stereocenters. The molecule has 0 saturated carbocycles. The van der Waals surface area contributed by atoms with E-state index in [1.165, 1.54) is 24.3 Å². The Morgan fingerprint density at radius 3 is 2.71 bits per heavy atom. The number of rotatable bonds is 3. The number of para-hydroxylation sites is 2. The highest BCUT2D eigenvalue weighted by molar-refractivity contribution is 6.31. The van der Waals surface area contributed by atoms with E-state index >= 15 is 0 Å². The second-order valence-electron chi connectivity index (χ2n) is 3.49. The van der Waals surface area contributed by atoms with Gasteiger partial charge in [-0.05, 0) is 30.3 Å². The molecule has 0 aliphatic rings. The fraction of sp³-hybridized carbons (Fsp3) is 0.0769. The van der Waals surface area contributed by atoms with Crippen molar-refractivity contribution in [2.24, 2.45) is 0 Å². The van der Waals surface area contributed by atoms with Crippen LogP contribution in [0.4, 0.5) is 4.39 Å². The predicted octanol–water partition coefficient (Wildman–Crippen LogP) is 3.76. The number of benzene rings is 2. The first kappa shape index (κ1) is 11.7. The zero-order chi connectivity index (χ0) is 12.3. The van der Waals surface area contributed by atoms with Gasteiger partial charge in [-0.2, -0.15) is 0 Å². The minimum atomic E-state index is -0.370. The van der Waals surface area contributed by atoms with Crippen molar-refractivity contribution in [1.82, 2.24) is 0 Å². The van der Waals surface area contributed by atoms with E-state index in [2.05, 4.69) is 0 Å². The van der Waals surface area contributed by atoms with E-state index in [4.69, 9.17) is 16.3 Å². The minimum absolute atomic E-state index is 0.0417. The molecule has 0 bridgehead atoms. The van der Waals surface area contributed by atoms with E-state index in [1.54, 1.807) is 18.2 Å². The Hall–Kier alpha value is -1.74. The van der Waals surface area contributed by atoms with Crippen LogP contribution >= 0.6 is 11.6 Å². The van der Waals surface area contributed by atoms with Crippen LogP contribution in [-0.2, 0) is 6.61 Å². The lowest BCUT2D eigenvalue weighted by Crippen LogP contribution is -1.97. The molecular weight excluding hydrogens is 243 g/mol. The first-order valence-corrected chi connectivity index (χ1v) is 5.39. The molecule has 0 fully saturated rings. The van der Waals surface area contributed by atoms with E-state index in [9.17, 15) is 9.50 Å². The molecule has 0 atom stereocenters. The summed E-state index contributed by atoms with van der Waals surface area (Å²) in [5, 5.41) is 9.91. The number of phenolic OH excluding ortho intramolecular Hbond substituents is 1. The van der Waals surface area contributed by atoms with Crippen LogP contribution in [-0.4, -0.2) is 5.11 Å². The van der Waals surface area contributed by atoms with Gasteiger partial charge in [0.15, 0.2) is 11.5 Å². The van der Waals surface area contributed by atoms with Crippen molar-refractivity contribution >= 4 is 11.6 Å². The number of phenols is 1. The van der Waals surface area contributed by atoms with Crippen LogP contribution in [0.5, 0.6) is 11.5 Å². The second kappa shape index (κ2) is 5.06. The molecule has 17 heavy (non-hydrogen) atoms. The Bertz CT molecular complexity index is 529. The highest BCUT2D eigenvalue weighted by Gasteiger charge is 2.05. The molecule has 0 spiro atoms. The van der Waals surface area contributed by atoms with Crippen molar-refractivity contribution in [3.63, 3.8) is 0 Å². The van der Waals surface area contributed by atoms with E-state index in [-0.39, 0.29) is 18.2 Å². The maximum absolute atomic E-state index is 13.0. The lowest BCUT2D eigenvalue weighted by molar-refractivity contribution is 0.288. The summed E-state index contributed by atoms with van der Waals surface area (Å²) >= 11 is 5.89. The molecule has 0 aliphatic carbocycles. The molecule has 2 rings (SSSR count). The van der Waals surface area contributed by atoms with Crippen LogP contribution in [0.1, 0.15) is 5.56 Å². The standard InChI is InChI=1S/C13H10ClFO2/c14-11-6-5-10(15)7-9(11)8-17-13-4-2-1-3-12(13)16/h1-7,16H,8H2. The van der Waals surface area contributed by atoms with Crippen molar-refractivity contribution in [3.8, 4) is 11.5 Å². The smallest absolute Gasteiger partial charge is 0.161 e. The molecule has 0 aliphatic heterocycles. The maximum atomic E-state index is 13.0. The highest BCUT2D eigenvalue weighted by atomic mass is 35.5. The monoisotopic (exact) mass is 252 g/mol. The lowest BCUT2D eigenvalue weighted by atomic mass is 10.2. The van der Waals surface area contributed by atoms with Crippen molar-refractivity contribution < 1.29 is 14.2 Å². The van der Waals surface area contributed by atoms with Crippen LogP contribution in [0.25, 0.3) is 0 Å². The molecule has 4 heteroatoms. The molecule has 0 amide bonds. The quantitative estimate of drug-likeness (QED) is 0.901. The molecule has 88 valence electrons. The van der Waals surface area contributed by atoms with Crippen molar-refractivity contribution in [1.29, 1.82) is 0 Å². The van der Waals surface area contributed by atoms with Gasteiger partial charge in [-0.15, -0.1) is 0 Å². The molecule has 0 saturated heterocycles. The van der Waals surface area contributed by atoms with Gasteiger partial charge in [-0.25, -0.2) is 4.39 Å². The Labute approximate surface area is 103 Å². The molecule has 2 aromatic carbocycles. The minimum Gasteiger partial charge on any atom is -0.504 e. The summed E-state index contributed by atoms with van der Waals surface area (Å²) in [4.78, 5) is 0. The summed E-state index contributed by atoms with van der Waals surface area (Å²) < 4.78 is 18.3. The zero-order valence-electron chi connectivity index (χ0n) is 8.86. The van der Waals surface area contributed by atoms with Gasteiger partial charge in [0.05, 0.1) is 0 Å². The van der Waals surface area contributed by atoms with Crippen molar-refractivity contribution in [3.05, 3.63) is 58.9 Å². The Morgan fingerprint density at radius 2 is 1.94 bits per heavy atom. The third-order valence-electron chi connectivity index (χ3n) is 2.26. The molecular formula is C13H10ClFO2. The lowest BCUT2D eigenvalue weighted by Gasteiger charge is -2.09. The van der Waals surface area contributed by atoms with Crippen LogP contribution in [0.15, 0.2) is 42.5 Å². The largest absolute Gasteiger partial charge is 0.504 e.